The lowest BCUT2D eigenvalue weighted by molar-refractivity contribution is -0.137. The van der Waals surface area contributed by atoms with Crippen LogP contribution >= 0.6 is 0 Å². The number of ether oxygens (including phenoxy) is 1. The van der Waals surface area contributed by atoms with Crippen LogP contribution < -0.4 is 25.6 Å². The molecule has 5 rings (SSSR count). The van der Waals surface area contributed by atoms with E-state index in [1.165, 1.54) is 0 Å². The molecular weight excluding hydrogens is 547 g/mol. The zero-order chi connectivity index (χ0) is 30.2. The molecule has 1 aromatic heterocycles. The quantitative estimate of drug-likeness (QED) is 0.315. The molecule has 9 nitrogen and oxygen atoms in total. The van der Waals surface area contributed by atoms with Gasteiger partial charge in [-0.3, -0.25) is 9.69 Å². The van der Waals surface area contributed by atoms with Gasteiger partial charge < -0.3 is 25.6 Å². The first-order valence-electron chi connectivity index (χ1n) is 14.0. The highest BCUT2D eigenvalue weighted by atomic mass is 19.4. The highest BCUT2D eigenvalue weighted by Crippen LogP contribution is 2.41. The summed E-state index contributed by atoms with van der Waals surface area (Å²) < 4.78 is 47.4. The van der Waals surface area contributed by atoms with Crippen molar-refractivity contribution in [2.45, 2.75) is 51.9 Å². The molecule has 0 radical (unpaired) electrons. The van der Waals surface area contributed by atoms with Gasteiger partial charge in [-0.05, 0) is 56.6 Å². The van der Waals surface area contributed by atoms with Crippen LogP contribution in [0.4, 0.5) is 42.0 Å². The molecule has 1 amide bonds. The van der Waals surface area contributed by atoms with Crippen molar-refractivity contribution in [3.05, 3.63) is 59.3 Å². The van der Waals surface area contributed by atoms with Gasteiger partial charge in [-0.15, -0.1) is 0 Å². The number of methoxy groups -OCH3 is 1. The van der Waals surface area contributed by atoms with E-state index in [0.29, 0.717) is 28.7 Å². The third-order valence-electron chi connectivity index (χ3n) is 8.10. The molecular formula is C30H36F3N7O2. The number of piperazine rings is 1. The number of aromatic nitrogens is 2. The number of halogens is 3. The highest BCUT2D eigenvalue weighted by Gasteiger charge is 2.40. The minimum absolute atomic E-state index is 0.0165. The number of amides is 1. The van der Waals surface area contributed by atoms with E-state index in [1.807, 2.05) is 18.2 Å². The number of fused-ring (bicyclic) bond motifs is 1. The average Bonchev–Trinajstić information content (AvgIpc) is 3.19. The molecule has 0 aliphatic carbocycles. The molecule has 0 saturated carbocycles. The van der Waals surface area contributed by atoms with Crippen molar-refractivity contribution in [3.63, 3.8) is 0 Å². The smallest absolute Gasteiger partial charge is 0.421 e. The monoisotopic (exact) mass is 583 g/mol. The van der Waals surface area contributed by atoms with Gasteiger partial charge >= 0.3 is 6.18 Å². The lowest BCUT2D eigenvalue weighted by Gasteiger charge is -2.40. The van der Waals surface area contributed by atoms with E-state index in [2.05, 4.69) is 49.6 Å². The third-order valence-corrected chi connectivity index (χ3v) is 8.10. The van der Waals surface area contributed by atoms with Crippen molar-refractivity contribution in [1.29, 1.82) is 0 Å². The topological polar surface area (TPSA) is 94.7 Å². The van der Waals surface area contributed by atoms with Crippen LogP contribution in [0.2, 0.25) is 0 Å². The molecule has 1 fully saturated rings. The van der Waals surface area contributed by atoms with E-state index in [9.17, 15) is 18.0 Å². The van der Waals surface area contributed by atoms with Gasteiger partial charge in [0.1, 0.15) is 17.1 Å². The predicted octanol–water partition coefficient (Wildman–Crippen LogP) is 5.62. The Hall–Kier alpha value is -4.06. The Morgan fingerprint density at radius 1 is 1.19 bits per heavy atom. The highest BCUT2D eigenvalue weighted by molar-refractivity contribution is 6.06. The standard InChI is InChI=1S/C30H36F3N7O2/c1-6-39-12-13-40(17-18(39)2)20-10-11-22(24(14-20)42-5)37-28-35-16-21(30(31,32)33)26(38-28)34-15-19-8-7-9-23-25(19)29(3,4)27(41)36-23/h7-11,14,16,18H,6,12-13,15,17H2,1-5H3,(H,36,41)(H2,34,35,37,38)/t18-/m1/s1. The van der Waals surface area contributed by atoms with Crippen molar-refractivity contribution in [3.8, 4) is 5.75 Å². The van der Waals surface area contributed by atoms with Crippen molar-refractivity contribution < 1.29 is 22.7 Å². The summed E-state index contributed by atoms with van der Waals surface area (Å²) in [6.45, 7) is 11.7. The molecule has 2 aliphatic rings. The Morgan fingerprint density at radius 2 is 1.98 bits per heavy atom. The number of benzene rings is 2. The molecule has 0 unspecified atom stereocenters. The summed E-state index contributed by atoms with van der Waals surface area (Å²) in [4.78, 5) is 25.3. The van der Waals surface area contributed by atoms with Crippen LogP contribution in [-0.2, 0) is 22.9 Å². The molecule has 12 heteroatoms. The van der Waals surface area contributed by atoms with Crippen LogP contribution in [0.5, 0.6) is 5.75 Å². The maximum Gasteiger partial charge on any atom is 0.421 e. The first-order chi connectivity index (χ1) is 19.9. The maximum absolute atomic E-state index is 13.9. The first kappa shape index (κ1) is 29.4. The van der Waals surface area contributed by atoms with Gasteiger partial charge in [-0.25, -0.2) is 4.98 Å². The Bertz CT molecular complexity index is 1480. The summed E-state index contributed by atoms with van der Waals surface area (Å²) in [5.41, 5.74) is 1.83. The molecule has 2 aromatic carbocycles. The van der Waals surface area contributed by atoms with Crippen molar-refractivity contribution in [2.75, 3.05) is 54.1 Å². The van der Waals surface area contributed by atoms with Crippen LogP contribution in [0.15, 0.2) is 42.6 Å². The van der Waals surface area contributed by atoms with Gasteiger partial charge in [0.15, 0.2) is 0 Å². The van der Waals surface area contributed by atoms with E-state index in [4.69, 9.17) is 4.74 Å². The van der Waals surface area contributed by atoms with E-state index in [-0.39, 0.29) is 24.2 Å². The van der Waals surface area contributed by atoms with Gasteiger partial charge in [0, 0.05) is 55.9 Å². The summed E-state index contributed by atoms with van der Waals surface area (Å²) >= 11 is 0. The van der Waals surface area contributed by atoms with E-state index in [1.54, 1.807) is 39.2 Å². The minimum Gasteiger partial charge on any atom is -0.494 e. The molecule has 3 N–H and O–H groups in total. The van der Waals surface area contributed by atoms with Gasteiger partial charge in [0.25, 0.3) is 0 Å². The second-order valence-corrected chi connectivity index (χ2v) is 11.2. The molecule has 2 aliphatic heterocycles. The van der Waals surface area contributed by atoms with Gasteiger partial charge in [0.2, 0.25) is 11.9 Å². The fraction of sp³-hybridized carbons (Fsp3) is 0.433. The zero-order valence-corrected chi connectivity index (χ0v) is 24.4. The fourth-order valence-electron chi connectivity index (χ4n) is 5.74. The Balaban J connectivity index is 1.39. The number of hydrogen-bond donors (Lipinski definition) is 3. The number of likely N-dealkylation sites (N-methyl/N-ethyl adjacent to an activating group) is 1. The van der Waals surface area contributed by atoms with E-state index >= 15 is 0 Å². The summed E-state index contributed by atoms with van der Waals surface area (Å²) in [6.07, 6.45) is -3.91. The molecule has 1 atom stereocenters. The lowest BCUT2D eigenvalue weighted by atomic mass is 9.83. The van der Waals surface area contributed by atoms with E-state index in [0.717, 1.165) is 43.6 Å². The number of rotatable bonds is 8. The van der Waals surface area contributed by atoms with Crippen molar-refractivity contribution in [1.82, 2.24) is 14.9 Å². The van der Waals surface area contributed by atoms with Crippen LogP contribution in [-0.4, -0.2) is 60.1 Å². The van der Waals surface area contributed by atoms with Gasteiger partial charge in [-0.2, -0.15) is 18.2 Å². The van der Waals surface area contributed by atoms with Crippen LogP contribution in [0.1, 0.15) is 44.4 Å². The SMILES string of the molecule is CCN1CCN(c2ccc(Nc3ncc(C(F)(F)F)c(NCc4cccc5c4C(C)(C)C(=O)N5)n3)c(OC)c2)C[C@H]1C. The number of carbonyl (C=O) groups excluding carboxylic acids is 1. The largest absolute Gasteiger partial charge is 0.494 e. The molecule has 1 saturated heterocycles. The summed E-state index contributed by atoms with van der Waals surface area (Å²) in [5, 5.41) is 8.71. The van der Waals surface area contributed by atoms with Crippen molar-refractivity contribution >= 4 is 34.7 Å². The number of carbonyl (C=O) groups is 1. The first-order valence-corrected chi connectivity index (χ1v) is 14.0. The number of nitrogens with zero attached hydrogens (tertiary/aromatic N) is 4. The number of nitrogens with one attached hydrogen (secondary N) is 3. The number of anilines is 5. The van der Waals surface area contributed by atoms with Crippen LogP contribution in [0.25, 0.3) is 0 Å². The third kappa shape index (κ3) is 5.67. The van der Waals surface area contributed by atoms with Crippen molar-refractivity contribution in [2.24, 2.45) is 0 Å². The number of alkyl halides is 3. The fourth-order valence-corrected chi connectivity index (χ4v) is 5.74. The second kappa shape index (κ2) is 11.3. The maximum atomic E-state index is 13.9. The van der Waals surface area contributed by atoms with Gasteiger partial charge in [0.05, 0.1) is 18.2 Å². The lowest BCUT2D eigenvalue weighted by Crippen LogP contribution is -2.51. The Morgan fingerprint density at radius 3 is 2.67 bits per heavy atom. The summed E-state index contributed by atoms with van der Waals surface area (Å²) in [6, 6.07) is 11.4. The zero-order valence-electron chi connectivity index (χ0n) is 24.4. The average molecular weight is 584 g/mol. The predicted molar refractivity (Wildman–Crippen MR) is 158 cm³/mol. The molecule has 0 spiro atoms. The normalized spacial score (nSPS) is 18.4. The Kier molecular flexibility index (Phi) is 7.93. The van der Waals surface area contributed by atoms with Gasteiger partial charge in [-0.1, -0.05) is 19.1 Å². The molecule has 224 valence electrons. The molecule has 42 heavy (non-hydrogen) atoms. The molecule has 0 bridgehead atoms. The summed E-state index contributed by atoms with van der Waals surface area (Å²) in [5.74, 6) is -0.0225. The van der Waals surface area contributed by atoms with Crippen LogP contribution in [0.3, 0.4) is 0 Å². The summed E-state index contributed by atoms with van der Waals surface area (Å²) in [7, 11) is 1.54. The molecule has 3 heterocycles. The van der Waals surface area contributed by atoms with E-state index < -0.39 is 17.2 Å². The minimum atomic E-state index is -4.67. The van der Waals surface area contributed by atoms with Crippen LogP contribution in [0, 0.1) is 0 Å². The molecule has 3 aromatic rings. The number of hydrogen-bond acceptors (Lipinski definition) is 8. The second-order valence-electron chi connectivity index (χ2n) is 11.2. The Labute approximate surface area is 243 Å².